The number of rotatable bonds is 2. The number of nitrogens with two attached hydrogens (primary N) is 1. The van der Waals surface area contributed by atoms with Gasteiger partial charge in [-0.25, -0.2) is 0 Å². The lowest BCUT2D eigenvalue weighted by molar-refractivity contribution is 0.281. The van der Waals surface area contributed by atoms with E-state index in [0.29, 0.717) is 6.04 Å². The molecular formula is C15H24N2. The summed E-state index contributed by atoms with van der Waals surface area (Å²) in [6.45, 7) is 6.80. The number of anilines is 2. The lowest BCUT2D eigenvalue weighted by Crippen LogP contribution is -2.30. The largest absolute Gasteiger partial charge is 0.399 e. The van der Waals surface area contributed by atoms with Crippen molar-refractivity contribution in [2.45, 2.75) is 46.1 Å². The molecule has 0 saturated heterocycles. The minimum atomic E-state index is 0.606. The highest BCUT2D eigenvalue weighted by Gasteiger charge is 2.23. The maximum absolute atomic E-state index is 5.88. The zero-order valence-corrected chi connectivity index (χ0v) is 11.2. The molecule has 2 atom stereocenters. The smallest absolute Gasteiger partial charge is 0.0365 e. The third-order valence-corrected chi connectivity index (χ3v) is 3.65. The number of aryl methyl sites for hydroxylation is 1. The van der Waals surface area contributed by atoms with Crippen LogP contribution in [0.2, 0.25) is 0 Å². The van der Waals surface area contributed by atoms with Crippen molar-refractivity contribution in [1.29, 1.82) is 0 Å². The highest BCUT2D eigenvalue weighted by atomic mass is 14.9. The Labute approximate surface area is 105 Å². The molecule has 1 aromatic rings. The Morgan fingerprint density at radius 2 is 1.71 bits per heavy atom. The normalized spacial score (nSPS) is 29.0. The highest BCUT2D eigenvalue weighted by Crippen LogP contribution is 2.30. The van der Waals surface area contributed by atoms with Crippen LogP contribution in [0.15, 0.2) is 18.2 Å². The van der Waals surface area contributed by atoms with Gasteiger partial charge in [-0.2, -0.15) is 0 Å². The van der Waals surface area contributed by atoms with Gasteiger partial charge < -0.3 is 11.1 Å². The number of benzene rings is 1. The van der Waals surface area contributed by atoms with E-state index in [9.17, 15) is 0 Å². The van der Waals surface area contributed by atoms with Crippen LogP contribution < -0.4 is 11.1 Å². The van der Waals surface area contributed by atoms with Gasteiger partial charge in [-0.05, 0) is 61.8 Å². The SMILES string of the molecule is Cc1cc(N)cc(NC2CC(C)CC(C)C2)c1. The molecule has 0 bridgehead atoms. The topological polar surface area (TPSA) is 38.0 Å². The van der Waals surface area contributed by atoms with Gasteiger partial charge in [0.1, 0.15) is 0 Å². The number of hydrogen-bond donors (Lipinski definition) is 2. The Balaban J connectivity index is 2.04. The van der Waals surface area contributed by atoms with Gasteiger partial charge in [0.25, 0.3) is 0 Å². The van der Waals surface area contributed by atoms with E-state index in [1.807, 2.05) is 12.1 Å². The van der Waals surface area contributed by atoms with Crippen LogP contribution in [0.1, 0.15) is 38.7 Å². The molecule has 1 saturated carbocycles. The van der Waals surface area contributed by atoms with Crippen molar-refractivity contribution in [2.75, 3.05) is 11.1 Å². The molecule has 1 aromatic carbocycles. The Bertz CT molecular complexity index is 356. The quantitative estimate of drug-likeness (QED) is 0.761. The van der Waals surface area contributed by atoms with Gasteiger partial charge in [-0.1, -0.05) is 13.8 Å². The van der Waals surface area contributed by atoms with E-state index >= 15 is 0 Å². The third kappa shape index (κ3) is 3.39. The molecule has 94 valence electrons. The van der Waals surface area contributed by atoms with Crippen molar-refractivity contribution in [1.82, 2.24) is 0 Å². The molecule has 1 aliphatic carbocycles. The number of nitrogen functional groups attached to an aromatic ring is 1. The summed E-state index contributed by atoms with van der Waals surface area (Å²) in [5.74, 6) is 1.66. The minimum absolute atomic E-state index is 0.606. The Kier molecular flexibility index (Phi) is 3.60. The summed E-state index contributed by atoms with van der Waals surface area (Å²) in [7, 11) is 0. The molecule has 0 aliphatic heterocycles. The molecule has 3 N–H and O–H groups in total. The fraction of sp³-hybridized carbons (Fsp3) is 0.600. The number of nitrogens with one attached hydrogen (secondary N) is 1. The van der Waals surface area contributed by atoms with Gasteiger partial charge in [0.05, 0.1) is 0 Å². The van der Waals surface area contributed by atoms with Crippen molar-refractivity contribution in [2.24, 2.45) is 11.8 Å². The Morgan fingerprint density at radius 3 is 2.29 bits per heavy atom. The highest BCUT2D eigenvalue weighted by molar-refractivity contribution is 5.57. The standard InChI is InChI=1S/C15H24N2/c1-10-4-11(2)7-14(6-10)17-15-8-12(3)5-13(16)9-15/h5,8-11,14,17H,4,6-7,16H2,1-3H3. The van der Waals surface area contributed by atoms with Gasteiger partial charge in [0.15, 0.2) is 0 Å². The van der Waals surface area contributed by atoms with E-state index < -0.39 is 0 Å². The summed E-state index contributed by atoms with van der Waals surface area (Å²) in [5, 5.41) is 3.64. The summed E-state index contributed by atoms with van der Waals surface area (Å²) in [5.41, 5.74) is 9.13. The van der Waals surface area contributed by atoms with Gasteiger partial charge >= 0.3 is 0 Å². The summed E-state index contributed by atoms with van der Waals surface area (Å²) < 4.78 is 0. The summed E-state index contributed by atoms with van der Waals surface area (Å²) in [6, 6.07) is 6.84. The molecule has 1 aliphatic rings. The van der Waals surface area contributed by atoms with Crippen molar-refractivity contribution in [3.8, 4) is 0 Å². The van der Waals surface area contributed by atoms with Crippen molar-refractivity contribution in [3.63, 3.8) is 0 Å². The van der Waals surface area contributed by atoms with Crippen LogP contribution >= 0.6 is 0 Å². The second-order valence-corrected chi connectivity index (χ2v) is 5.89. The van der Waals surface area contributed by atoms with E-state index in [1.54, 1.807) is 0 Å². The molecule has 0 radical (unpaired) electrons. The van der Waals surface area contributed by atoms with Crippen LogP contribution in [0.5, 0.6) is 0 Å². The van der Waals surface area contributed by atoms with Gasteiger partial charge in [-0.3, -0.25) is 0 Å². The first-order valence-corrected chi connectivity index (χ1v) is 6.66. The third-order valence-electron chi connectivity index (χ3n) is 3.65. The predicted molar refractivity (Wildman–Crippen MR) is 75.2 cm³/mol. The zero-order valence-electron chi connectivity index (χ0n) is 11.2. The van der Waals surface area contributed by atoms with Crippen LogP contribution in [0.4, 0.5) is 11.4 Å². The van der Waals surface area contributed by atoms with E-state index in [0.717, 1.165) is 17.5 Å². The fourth-order valence-electron chi connectivity index (χ4n) is 3.20. The van der Waals surface area contributed by atoms with Gasteiger partial charge in [0, 0.05) is 17.4 Å². The van der Waals surface area contributed by atoms with Crippen LogP contribution in [-0.2, 0) is 0 Å². The van der Waals surface area contributed by atoms with Crippen LogP contribution in [-0.4, -0.2) is 6.04 Å². The molecule has 0 aromatic heterocycles. The fourth-order valence-corrected chi connectivity index (χ4v) is 3.20. The van der Waals surface area contributed by atoms with Crippen molar-refractivity contribution < 1.29 is 0 Å². The molecule has 2 heteroatoms. The molecular weight excluding hydrogens is 208 g/mol. The predicted octanol–water partition coefficient (Wildman–Crippen LogP) is 3.81. The van der Waals surface area contributed by atoms with Crippen molar-refractivity contribution >= 4 is 11.4 Å². The molecule has 2 nitrogen and oxygen atoms in total. The first kappa shape index (κ1) is 12.3. The second kappa shape index (κ2) is 4.99. The molecule has 1 fully saturated rings. The molecule has 2 rings (SSSR count). The van der Waals surface area contributed by atoms with E-state index in [1.165, 1.54) is 30.5 Å². The summed E-state index contributed by atoms with van der Waals surface area (Å²) >= 11 is 0. The Morgan fingerprint density at radius 1 is 1.06 bits per heavy atom. The van der Waals surface area contributed by atoms with Crippen LogP contribution in [0.25, 0.3) is 0 Å². The van der Waals surface area contributed by atoms with Gasteiger partial charge in [-0.15, -0.1) is 0 Å². The number of hydrogen-bond acceptors (Lipinski definition) is 2. The average molecular weight is 232 g/mol. The first-order valence-electron chi connectivity index (χ1n) is 6.66. The van der Waals surface area contributed by atoms with E-state index in [4.69, 9.17) is 5.73 Å². The lowest BCUT2D eigenvalue weighted by Gasteiger charge is -2.32. The zero-order chi connectivity index (χ0) is 12.4. The first-order chi connectivity index (χ1) is 8.02. The molecule has 0 heterocycles. The molecule has 0 amide bonds. The van der Waals surface area contributed by atoms with E-state index in [2.05, 4.69) is 32.2 Å². The Hall–Kier alpha value is -1.18. The average Bonchev–Trinajstić information content (AvgIpc) is 2.13. The molecule has 0 spiro atoms. The van der Waals surface area contributed by atoms with Crippen LogP contribution in [0, 0.1) is 18.8 Å². The molecule has 2 unspecified atom stereocenters. The second-order valence-electron chi connectivity index (χ2n) is 5.89. The van der Waals surface area contributed by atoms with Gasteiger partial charge in [0.2, 0.25) is 0 Å². The van der Waals surface area contributed by atoms with Crippen LogP contribution in [0.3, 0.4) is 0 Å². The maximum Gasteiger partial charge on any atom is 0.0365 e. The summed E-state index contributed by atoms with van der Waals surface area (Å²) in [6.07, 6.45) is 3.92. The monoisotopic (exact) mass is 232 g/mol. The maximum atomic E-state index is 5.88. The van der Waals surface area contributed by atoms with E-state index in [-0.39, 0.29) is 0 Å². The molecule has 17 heavy (non-hydrogen) atoms. The minimum Gasteiger partial charge on any atom is -0.399 e. The summed E-state index contributed by atoms with van der Waals surface area (Å²) in [4.78, 5) is 0. The van der Waals surface area contributed by atoms with Crippen molar-refractivity contribution in [3.05, 3.63) is 23.8 Å². The lowest BCUT2D eigenvalue weighted by atomic mass is 9.80.